The van der Waals surface area contributed by atoms with Gasteiger partial charge in [0.05, 0.1) is 17.4 Å². The number of nitrogens with zero attached hydrogens (tertiary/aromatic N) is 2. The van der Waals surface area contributed by atoms with Crippen molar-refractivity contribution in [3.63, 3.8) is 0 Å². The van der Waals surface area contributed by atoms with Crippen molar-refractivity contribution in [2.24, 2.45) is 7.05 Å². The van der Waals surface area contributed by atoms with Crippen molar-refractivity contribution in [2.75, 3.05) is 0 Å². The van der Waals surface area contributed by atoms with Crippen LogP contribution in [0.15, 0.2) is 36.4 Å². The summed E-state index contributed by atoms with van der Waals surface area (Å²) in [5, 5.41) is 4.54. The number of hydrogen-bond donors (Lipinski definition) is 1. The van der Waals surface area contributed by atoms with Crippen molar-refractivity contribution >= 4 is 11.4 Å². The molecule has 114 valence electrons. The molecule has 2 aromatic rings. The van der Waals surface area contributed by atoms with E-state index in [-0.39, 0.29) is 10.8 Å². The standard InChI is InChI=1S/C16H23N3OS/c1-12(18-21(20)16(2,3)4)14-11-15(19(5)17-14)13-9-7-6-8-10-13/h6-12,18H,1-5H3/t12-,21+/m1/s1. The molecule has 2 atom stereocenters. The normalized spacial score (nSPS) is 15.0. The Morgan fingerprint density at radius 2 is 1.86 bits per heavy atom. The van der Waals surface area contributed by atoms with Crippen molar-refractivity contribution in [3.05, 3.63) is 42.1 Å². The van der Waals surface area contributed by atoms with E-state index in [9.17, 15) is 4.55 Å². The number of rotatable bonds is 4. The van der Waals surface area contributed by atoms with Crippen LogP contribution in [-0.4, -0.2) is 19.1 Å². The van der Waals surface area contributed by atoms with Crippen LogP contribution < -0.4 is 4.72 Å². The zero-order chi connectivity index (χ0) is 15.6. The van der Waals surface area contributed by atoms with Crippen molar-refractivity contribution in [3.8, 4) is 11.3 Å². The number of benzene rings is 1. The summed E-state index contributed by atoms with van der Waals surface area (Å²) in [4.78, 5) is 0. The molecular formula is C16H23N3OS. The summed E-state index contributed by atoms with van der Waals surface area (Å²) in [5.74, 6) is 0. The first-order valence-electron chi connectivity index (χ1n) is 7.06. The molecule has 0 fully saturated rings. The van der Waals surface area contributed by atoms with Gasteiger partial charge in [-0.05, 0) is 39.3 Å². The first-order chi connectivity index (χ1) is 9.79. The lowest BCUT2D eigenvalue weighted by Crippen LogP contribution is -2.40. The predicted molar refractivity (Wildman–Crippen MR) is 88.1 cm³/mol. The molecule has 0 aliphatic rings. The Labute approximate surface area is 129 Å². The van der Waals surface area contributed by atoms with Crippen LogP contribution in [0.2, 0.25) is 0 Å². The van der Waals surface area contributed by atoms with Crippen LogP contribution in [0, 0.1) is 0 Å². The molecule has 0 unspecified atom stereocenters. The molecule has 1 aromatic carbocycles. The number of nitrogens with one attached hydrogen (secondary N) is 1. The van der Waals surface area contributed by atoms with Crippen LogP contribution in [0.1, 0.15) is 39.4 Å². The molecule has 0 bridgehead atoms. The van der Waals surface area contributed by atoms with Gasteiger partial charge in [0, 0.05) is 18.4 Å². The smallest absolute Gasteiger partial charge is 0.136 e. The first kappa shape index (κ1) is 16.1. The minimum absolute atomic E-state index is 0.0614. The second-order valence-electron chi connectivity index (χ2n) is 6.16. The van der Waals surface area contributed by atoms with E-state index in [0.717, 1.165) is 17.0 Å². The van der Waals surface area contributed by atoms with Crippen LogP contribution in [0.4, 0.5) is 0 Å². The molecule has 1 N–H and O–H groups in total. The maximum absolute atomic E-state index is 12.2. The topological polar surface area (TPSA) is 52.9 Å². The molecule has 2 rings (SSSR count). The lowest BCUT2D eigenvalue weighted by Gasteiger charge is -2.25. The average Bonchev–Trinajstić information content (AvgIpc) is 2.81. The van der Waals surface area contributed by atoms with Gasteiger partial charge in [-0.15, -0.1) is 4.72 Å². The highest BCUT2D eigenvalue weighted by atomic mass is 32.2. The summed E-state index contributed by atoms with van der Waals surface area (Å²) < 4.78 is 16.9. The van der Waals surface area contributed by atoms with Crippen LogP contribution in [-0.2, 0) is 18.4 Å². The second-order valence-corrected chi connectivity index (χ2v) is 8.16. The van der Waals surface area contributed by atoms with Crippen molar-refractivity contribution < 1.29 is 4.55 Å². The minimum atomic E-state index is -1.11. The van der Waals surface area contributed by atoms with Gasteiger partial charge < -0.3 is 4.55 Å². The fourth-order valence-corrected chi connectivity index (χ4v) is 2.77. The number of aromatic nitrogens is 2. The average molecular weight is 305 g/mol. The SMILES string of the molecule is C[C@@H](N[S@@+]([O-])C(C)(C)C)c1cc(-c2ccccc2)n(C)n1. The van der Waals surface area contributed by atoms with Crippen LogP contribution in [0.3, 0.4) is 0 Å². The molecular weight excluding hydrogens is 282 g/mol. The van der Waals surface area contributed by atoms with E-state index in [2.05, 4.69) is 22.0 Å². The molecule has 0 radical (unpaired) electrons. The maximum Gasteiger partial charge on any atom is 0.136 e. The fourth-order valence-electron chi connectivity index (χ4n) is 1.98. The van der Waals surface area contributed by atoms with E-state index < -0.39 is 11.4 Å². The van der Waals surface area contributed by atoms with Crippen molar-refractivity contribution in [2.45, 2.75) is 38.5 Å². The summed E-state index contributed by atoms with van der Waals surface area (Å²) in [5.41, 5.74) is 3.08. The maximum atomic E-state index is 12.2. The van der Waals surface area contributed by atoms with Gasteiger partial charge in [-0.3, -0.25) is 4.68 Å². The van der Waals surface area contributed by atoms with Gasteiger partial charge in [0.25, 0.3) is 0 Å². The highest BCUT2D eigenvalue weighted by Crippen LogP contribution is 2.24. The molecule has 4 nitrogen and oxygen atoms in total. The Bertz CT molecular complexity index is 589. The largest absolute Gasteiger partial charge is 0.598 e. The molecule has 0 spiro atoms. The monoisotopic (exact) mass is 305 g/mol. The zero-order valence-corrected chi connectivity index (χ0v) is 14.1. The minimum Gasteiger partial charge on any atom is -0.598 e. The predicted octanol–water partition coefficient (Wildman–Crippen LogP) is 3.20. The molecule has 0 saturated carbocycles. The van der Waals surface area contributed by atoms with Gasteiger partial charge in [-0.2, -0.15) is 5.10 Å². The highest BCUT2D eigenvalue weighted by molar-refractivity contribution is 7.90. The van der Waals surface area contributed by atoms with Crippen molar-refractivity contribution in [1.82, 2.24) is 14.5 Å². The lowest BCUT2D eigenvalue weighted by atomic mass is 10.1. The van der Waals surface area contributed by atoms with Gasteiger partial charge in [-0.1, -0.05) is 30.3 Å². The zero-order valence-electron chi connectivity index (χ0n) is 13.3. The van der Waals surface area contributed by atoms with E-state index >= 15 is 0 Å². The number of aryl methyl sites for hydroxylation is 1. The third-order valence-corrected chi connectivity index (χ3v) is 4.93. The molecule has 1 aromatic heterocycles. The van der Waals surface area contributed by atoms with E-state index in [0.29, 0.717) is 0 Å². The van der Waals surface area contributed by atoms with Crippen LogP contribution >= 0.6 is 0 Å². The molecule has 0 aliphatic heterocycles. The van der Waals surface area contributed by atoms with Crippen molar-refractivity contribution in [1.29, 1.82) is 0 Å². The first-order valence-corrected chi connectivity index (χ1v) is 8.21. The summed E-state index contributed by atoms with van der Waals surface area (Å²) >= 11 is -1.11. The van der Waals surface area contributed by atoms with E-state index in [1.54, 1.807) is 0 Å². The van der Waals surface area contributed by atoms with E-state index in [1.807, 2.05) is 63.7 Å². The number of hydrogen-bond acceptors (Lipinski definition) is 3. The third kappa shape index (κ3) is 3.87. The van der Waals surface area contributed by atoms with Gasteiger partial charge in [0.1, 0.15) is 4.75 Å². The molecule has 21 heavy (non-hydrogen) atoms. The quantitative estimate of drug-likeness (QED) is 0.883. The molecule has 0 saturated heterocycles. The Kier molecular flexibility index (Phi) is 4.76. The Morgan fingerprint density at radius 3 is 2.43 bits per heavy atom. The fraction of sp³-hybridized carbons (Fsp3) is 0.438. The second kappa shape index (κ2) is 6.22. The summed E-state index contributed by atoms with van der Waals surface area (Å²) in [6, 6.07) is 12.1. The van der Waals surface area contributed by atoms with Gasteiger partial charge in [-0.25, -0.2) is 0 Å². The van der Waals surface area contributed by atoms with Gasteiger partial charge >= 0.3 is 0 Å². The van der Waals surface area contributed by atoms with Crippen LogP contribution in [0.25, 0.3) is 11.3 Å². The lowest BCUT2D eigenvalue weighted by molar-refractivity contribution is 0.527. The Hall–Kier alpha value is -1.30. The summed E-state index contributed by atoms with van der Waals surface area (Å²) in [6.45, 7) is 7.85. The third-order valence-electron chi connectivity index (χ3n) is 3.25. The molecule has 1 heterocycles. The molecule has 0 aliphatic carbocycles. The Morgan fingerprint density at radius 1 is 1.24 bits per heavy atom. The molecule has 0 amide bonds. The Balaban J connectivity index is 2.19. The summed E-state index contributed by atoms with van der Waals surface area (Å²) in [6.07, 6.45) is 0. The molecule has 5 heteroatoms. The van der Waals surface area contributed by atoms with Crippen LogP contribution in [0.5, 0.6) is 0 Å². The van der Waals surface area contributed by atoms with Gasteiger partial charge in [0.2, 0.25) is 0 Å². The highest BCUT2D eigenvalue weighted by Gasteiger charge is 2.29. The van der Waals surface area contributed by atoms with E-state index in [4.69, 9.17) is 0 Å². The van der Waals surface area contributed by atoms with E-state index in [1.165, 1.54) is 0 Å². The summed E-state index contributed by atoms with van der Waals surface area (Å²) in [7, 11) is 1.93. The van der Waals surface area contributed by atoms with Gasteiger partial charge in [0.15, 0.2) is 0 Å².